The number of aliphatic hydroxyl groups is 2. The summed E-state index contributed by atoms with van der Waals surface area (Å²) in [6, 6.07) is 15.4. The number of carbonyl (C=O) groups is 1. The van der Waals surface area contributed by atoms with Crippen molar-refractivity contribution in [2.75, 3.05) is 7.11 Å². The zero-order chi connectivity index (χ0) is 18.5. The molecule has 1 aliphatic rings. The van der Waals surface area contributed by atoms with E-state index in [0.717, 1.165) is 0 Å². The Labute approximate surface area is 152 Å². The van der Waals surface area contributed by atoms with Crippen molar-refractivity contribution in [3.63, 3.8) is 0 Å². The molecule has 0 aliphatic heterocycles. The summed E-state index contributed by atoms with van der Waals surface area (Å²) in [6.07, 6.45) is -1.68. The van der Waals surface area contributed by atoms with Crippen LogP contribution in [0.1, 0.15) is 23.2 Å². The highest BCUT2D eigenvalue weighted by molar-refractivity contribution is 5.94. The van der Waals surface area contributed by atoms with E-state index < -0.39 is 24.4 Å². The molecular formula is C20H23NO5. The van der Waals surface area contributed by atoms with Crippen LogP contribution in [0.4, 0.5) is 0 Å². The van der Waals surface area contributed by atoms with E-state index in [4.69, 9.17) is 9.47 Å². The van der Waals surface area contributed by atoms with Gasteiger partial charge in [-0.05, 0) is 43.2 Å². The van der Waals surface area contributed by atoms with E-state index in [1.54, 1.807) is 36.4 Å². The first-order valence-electron chi connectivity index (χ1n) is 8.61. The number of rotatable bonds is 5. The lowest BCUT2D eigenvalue weighted by Gasteiger charge is -2.37. The Bertz CT molecular complexity index is 736. The van der Waals surface area contributed by atoms with E-state index >= 15 is 0 Å². The smallest absolute Gasteiger partial charge is 0.251 e. The van der Waals surface area contributed by atoms with Crippen molar-refractivity contribution in [2.24, 2.45) is 0 Å². The molecule has 6 nitrogen and oxygen atoms in total. The van der Waals surface area contributed by atoms with Crippen LogP contribution in [0.5, 0.6) is 11.5 Å². The normalized spacial score (nSPS) is 25.3. The van der Waals surface area contributed by atoms with Gasteiger partial charge in [0, 0.05) is 5.56 Å². The zero-order valence-corrected chi connectivity index (χ0v) is 14.5. The summed E-state index contributed by atoms with van der Waals surface area (Å²) in [4.78, 5) is 12.4. The van der Waals surface area contributed by atoms with Gasteiger partial charge in [0.2, 0.25) is 0 Å². The molecule has 0 saturated heterocycles. The first-order chi connectivity index (χ1) is 12.6. The minimum Gasteiger partial charge on any atom is -0.497 e. The van der Waals surface area contributed by atoms with E-state index in [2.05, 4.69) is 5.32 Å². The standard InChI is InChI=1S/C20H23NO5/c1-25-15-9-5-6-13(12-15)20(24)21-16-10-11-17(19(23)18(16)22)26-14-7-3-2-4-8-14/h2-9,12,16-19,22-23H,10-11H2,1H3,(H,21,24)/t16-,17-,18+,19+/m1/s1. The predicted octanol–water partition coefficient (Wildman–Crippen LogP) is 1.76. The van der Waals surface area contributed by atoms with Gasteiger partial charge in [-0.15, -0.1) is 0 Å². The Morgan fingerprint density at radius 1 is 1.00 bits per heavy atom. The largest absolute Gasteiger partial charge is 0.497 e. The Balaban J connectivity index is 1.61. The van der Waals surface area contributed by atoms with Crippen LogP contribution in [-0.4, -0.2) is 47.6 Å². The van der Waals surface area contributed by atoms with E-state index in [1.165, 1.54) is 7.11 Å². The highest BCUT2D eigenvalue weighted by Crippen LogP contribution is 2.25. The van der Waals surface area contributed by atoms with Crippen LogP contribution in [0.15, 0.2) is 54.6 Å². The molecule has 0 unspecified atom stereocenters. The second-order valence-corrected chi connectivity index (χ2v) is 6.34. The van der Waals surface area contributed by atoms with Gasteiger partial charge in [0.25, 0.3) is 5.91 Å². The molecule has 4 atom stereocenters. The molecular weight excluding hydrogens is 334 g/mol. The molecule has 0 spiro atoms. The number of hydrogen-bond donors (Lipinski definition) is 3. The van der Waals surface area contributed by atoms with Crippen molar-refractivity contribution in [1.29, 1.82) is 0 Å². The number of carbonyl (C=O) groups excluding carboxylic acids is 1. The van der Waals surface area contributed by atoms with Crippen LogP contribution >= 0.6 is 0 Å². The number of nitrogens with one attached hydrogen (secondary N) is 1. The number of methoxy groups -OCH3 is 1. The lowest BCUT2D eigenvalue weighted by molar-refractivity contribution is -0.0874. The van der Waals surface area contributed by atoms with Gasteiger partial charge < -0.3 is 25.0 Å². The molecule has 1 amide bonds. The minimum atomic E-state index is -1.10. The van der Waals surface area contributed by atoms with Crippen LogP contribution < -0.4 is 14.8 Å². The van der Waals surface area contributed by atoms with Gasteiger partial charge in [0.05, 0.1) is 13.2 Å². The predicted molar refractivity (Wildman–Crippen MR) is 96.4 cm³/mol. The molecule has 1 fully saturated rings. The van der Waals surface area contributed by atoms with Gasteiger partial charge in [-0.1, -0.05) is 24.3 Å². The molecule has 0 aromatic heterocycles. The number of hydrogen-bond acceptors (Lipinski definition) is 5. The number of ether oxygens (including phenoxy) is 2. The molecule has 1 saturated carbocycles. The summed E-state index contributed by atoms with van der Waals surface area (Å²) in [5.41, 5.74) is 0.439. The third-order valence-electron chi connectivity index (χ3n) is 4.58. The summed E-state index contributed by atoms with van der Waals surface area (Å²) in [5.74, 6) is 0.906. The molecule has 3 N–H and O–H groups in total. The maximum absolute atomic E-state index is 12.4. The van der Waals surface area contributed by atoms with Crippen LogP contribution in [0.2, 0.25) is 0 Å². The van der Waals surface area contributed by atoms with Crippen LogP contribution in [-0.2, 0) is 0 Å². The number of amides is 1. The van der Waals surface area contributed by atoms with Crippen LogP contribution in [0.3, 0.4) is 0 Å². The third kappa shape index (κ3) is 4.15. The average Bonchev–Trinajstić information content (AvgIpc) is 2.68. The van der Waals surface area contributed by atoms with E-state index in [9.17, 15) is 15.0 Å². The molecule has 2 aromatic rings. The van der Waals surface area contributed by atoms with Gasteiger partial charge in [0.15, 0.2) is 0 Å². The van der Waals surface area contributed by atoms with Crippen molar-refractivity contribution in [1.82, 2.24) is 5.32 Å². The Kier molecular flexibility index (Phi) is 5.75. The van der Waals surface area contributed by atoms with Crippen LogP contribution in [0.25, 0.3) is 0 Å². The summed E-state index contributed by atoms with van der Waals surface area (Å²) in [6.45, 7) is 0. The van der Waals surface area contributed by atoms with Crippen LogP contribution in [0, 0.1) is 0 Å². The lowest BCUT2D eigenvalue weighted by Crippen LogP contribution is -2.57. The van der Waals surface area contributed by atoms with Crippen molar-refractivity contribution >= 4 is 5.91 Å². The summed E-state index contributed by atoms with van der Waals surface area (Å²) < 4.78 is 10.9. The second-order valence-electron chi connectivity index (χ2n) is 6.34. The molecule has 0 radical (unpaired) electrons. The molecule has 3 rings (SSSR count). The topological polar surface area (TPSA) is 88.0 Å². The zero-order valence-electron chi connectivity index (χ0n) is 14.5. The van der Waals surface area contributed by atoms with Crippen molar-refractivity contribution < 1.29 is 24.5 Å². The van der Waals surface area contributed by atoms with E-state index in [0.29, 0.717) is 29.9 Å². The Morgan fingerprint density at radius 2 is 1.73 bits per heavy atom. The molecule has 0 bridgehead atoms. The quantitative estimate of drug-likeness (QED) is 0.759. The van der Waals surface area contributed by atoms with Gasteiger partial charge in [-0.2, -0.15) is 0 Å². The van der Waals surface area contributed by atoms with Gasteiger partial charge >= 0.3 is 0 Å². The van der Waals surface area contributed by atoms with Crippen molar-refractivity contribution in [2.45, 2.75) is 37.2 Å². The van der Waals surface area contributed by atoms with Gasteiger partial charge in [-0.25, -0.2) is 0 Å². The molecule has 26 heavy (non-hydrogen) atoms. The van der Waals surface area contributed by atoms with E-state index in [-0.39, 0.29) is 5.91 Å². The monoisotopic (exact) mass is 357 g/mol. The fourth-order valence-electron chi connectivity index (χ4n) is 3.12. The third-order valence-corrected chi connectivity index (χ3v) is 4.58. The van der Waals surface area contributed by atoms with Crippen molar-refractivity contribution in [3.05, 3.63) is 60.2 Å². The molecule has 6 heteroatoms. The number of benzene rings is 2. The maximum atomic E-state index is 12.4. The SMILES string of the molecule is COc1cccc(C(=O)N[C@@H]2CC[C@@H](Oc3ccccc3)[C@H](O)[C@H]2O)c1. The average molecular weight is 357 g/mol. The minimum absolute atomic E-state index is 0.317. The maximum Gasteiger partial charge on any atom is 0.251 e. The highest BCUT2D eigenvalue weighted by Gasteiger charge is 2.39. The summed E-state index contributed by atoms with van der Waals surface area (Å²) in [7, 11) is 1.53. The Morgan fingerprint density at radius 3 is 2.46 bits per heavy atom. The Hall–Kier alpha value is -2.57. The summed E-state index contributed by atoms with van der Waals surface area (Å²) >= 11 is 0. The fraction of sp³-hybridized carbons (Fsp3) is 0.350. The number of para-hydroxylation sites is 1. The first kappa shape index (κ1) is 18.2. The van der Waals surface area contributed by atoms with Gasteiger partial charge in [0.1, 0.15) is 29.8 Å². The first-order valence-corrected chi connectivity index (χ1v) is 8.61. The summed E-state index contributed by atoms with van der Waals surface area (Å²) in [5, 5.41) is 23.6. The molecule has 2 aromatic carbocycles. The molecule has 138 valence electrons. The second kappa shape index (κ2) is 8.21. The fourth-order valence-corrected chi connectivity index (χ4v) is 3.12. The molecule has 1 aliphatic carbocycles. The number of aliphatic hydroxyl groups excluding tert-OH is 2. The highest BCUT2D eigenvalue weighted by atomic mass is 16.5. The lowest BCUT2D eigenvalue weighted by atomic mass is 9.87. The van der Waals surface area contributed by atoms with Crippen molar-refractivity contribution in [3.8, 4) is 11.5 Å². The van der Waals surface area contributed by atoms with Gasteiger partial charge in [-0.3, -0.25) is 4.79 Å². The van der Waals surface area contributed by atoms with E-state index in [1.807, 2.05) is 18.2 Å². The molecule has 0 heterocycles.